The van der Waals surface area contributed by atoms with Crippen molar-refractivity contribution in [3.8, 4) is 5.75 Å². The molecule has 0 radical (unpaired) electrons. The molecular weight excluding hydrogens is 274 g/mol. The van der Waals surface area contributed by atoms with Crippen LogP contribution in [0.4, 0.5) is 0 Å². The Morgan fingerprint density at radius 2 is 2.05 bits per heavy atom. The van der Waals surface area contributed by atoms with E-state index < -0.39 is 0 Å². The van der Waals surface area contributed by atoms with E-state index in [-0.39, 0.29) is 5.91 Å². The van der Waals surface area contributed by atoms with Crippen LogP contribution < -0.4 is 10.1 Å². The van der Waals surface area contributed by atoms with Gasteiger partial charge in [0.05, 0.1) is 7.11 Å². The largest absolute Gasteiger partial charge is 0.497 e. The van der Waals surface area contributed by atoms with E-state index in [4.69, 9.17) is 4.74 Å². The highest BCUT2D eigenvalue weighted by Gasteiger charge is 2.27. The second-order valence-corrected chi connectivity index (χ2v) is 6.36. The van der Waals surface area contributed by atoms with E-state index in [1.165, 1.54) is 37.7 Å². The molecule has 1 aliphatic carbocycles. The van der Waals surface area contributed by atoms with Crippen molar-refractivity contribution in [1.82, 2.24) is 5.32 Å². The molecule has 1 N–H and O–H groups in total. The van der Waals surface area contributed by atoms with Gasteiger partial charge in [0.15, 0.2) is 0 Å². The van der Waals surface area contributed by atoms with Gasteiger partial charge in [-0.15, -0.1) is 0 Å². The Hall–Kier alpha value is -1.51. The SMILES string of the molecule is CCCCC1CCCC1NC(=O)CCc1ccc(OC)cc1. The quantitative estimate of drug-likeness (QED) is 0.785. The molecule has 2 unspecified atom stereocenters. The number of amides is 1. The third-order valence-corrected chi connectivity index (χ3v) is 4.73. The van der Waals surface area contributed by atoms with Gasteiger partial charge in [0.2, 0.25) is 5.91 Å². The molecule has 2 atom stereocenters. The number of ether oxygens (including phenoxy) is 1. The molecule has 22 heavy (non-hydrogen) atoms. The van der Waals surface area contributed by atoms with Gasteiger partial charge >= 0.3 is 0 Å². The molecule has 122 valence electrons. The van der Waals surface area contributed by atoms with Crippen LogP contribution in [0.2, 0.25) is 0 Å². The summed E-state index contributed by atoms with van der Waals surface area (Å²) in [4.78, 5) is 12.2. The second kappa shape index (κ2) is 8.82. The van der Waals surface area contributed by atoms with Gasteiger partial charge in [-0.25, -0.2) is 0 Å². The molecule has 3 heteroatoms. The minimum absolute atomic E-state index is 0.198. The predicted octanol–water partition coefficient (Wildman–Crippen LogP) is 4.10. The van der Waals surface area contributed by atoms with Gasteiger partial charge in [0.1, 0.15) is 5.75 Å². The Kier molecular flexibility index (Phi) is 6.75. The third-order valence-electron chi connectivity index (χ3n) is 4.73. The van der Waals surface area contributed by atoms with Crippen LogP contribution in [-0.2, 0) is 11.2 Å². The molecule has 0 spiro atoms. The first kappa shape index (κ1) is 16.9. The molecule has 1 amide bonds. The molecule has 0 aliphatic heterocycles. The summed E-state index contributed by atoms with van der Waals surface area (Å²) in [7, 11) is 1.67. The van der Waals surface area contributed by atoms with E-state index in [1.807, 2.05) is 24.3 Å². The highest BCUT2D eigenvalue weighted by Crippen LogP contribution is 2.29. The van der Waals surface area contributed by atoms with Gasteiger partial charge in [0, 0.05) is 12.5 Å². The minimum atomic E-state index is 0.198. The van der Waals surface area contributed by atoms with E-state index in [9.17, 15) is 4.79 Å². The molecule has 1 saturated carbocycles. The highest BCUT2D eigenvalue weighted by molar-refractivity contribution is 5.76. The number of carbonyl (C=O) groups excluding carboxylic acids is 1. The van der Waals surface area contributed by atoms with Gasteiger partial charge < -0.3 is 10.1 Å². The first-order valence-electron chi connectivity index (χ1n) is 8.65. The van der Waals surface area contributed by atoms with Crippen LogP contribution >= 0.6 is 0 Å². The summed E-state index contributed by atoms with van der Waals surface area (Å²) in [6.07, 6.45) is 8.85. The Balaban J connectivity index is 1.74. The lowest BCUT2D eigenvalue weighted by Crippen LogP contribution is -2.37. The van der Waals surface area contributed by atoms with Crippen molar-refractivity contribution < 1.29 is 9.53 Å². The van der Waals surface area contributed by atoms with Crippen LogP contribution in [0.1, 0.15) is 57.4 Å². The topological polar surface area (TPSA) is 38.3 Å². The third kappa shape index (κ3) is 5.04. The van der Waals surface area contributed by atoms with Gasteiger partial charge in [-0.05, 0) is 49.3 Å². The Morgan fingerprint density at radius 3 is 2.73 bits per heavy atom. The van der Waals surface area contributed by atoms with Crippen LogP contribution in [-0.4, -0.2) is 19.1 Å². The summed E-state index contributed by atoms with van der Waals surface area (Å²) < 4.78 is 5.15. The van der Waals surface area contributed by atoms with Crippen LogP contribution in [0.3, 0.4) is 0 Å². The minimum Gasteiger partial charge on any atom is -0.497 e. The Labute approximate surface area is 134 Å². The van der Waals surface area contributed by atoms with Gasteiger partial charge in [-0.3, -0.25) is 4.79 Å². The van der Waals surface area contributed by atoms with Gasteiger partial charge in [-0.2, -0.15) is 0 Å². The fraction of sp³-hybridized carbons (Fsp3) is 0.632. The van der Waals surface area contributed by atoms with E-state index in [0.717, 1.165) is 18.6 Å². The zero-order chi connectivity index (χ0) is 15.8. The number of nitrogens with one attached hydrogen (secondary N) is 1. The molecule has 1 fully saturated rings. The Morgan fingerprint density at radius 1 is 1.27 bits per heavy atom. The fourth-order valence-corrected chi connectivity index (χ4v) is 3.37. The maximum atomic E-state index is 12.2. The van der Waals surface area contributed by atoms with Gasteiger partial charge in [0.25, 0.3) is 0 Å². The lowest BCUT2D eigenvalue weighted by atomic mass is 9.96. The summed E-state index contributed by atoms with van der Waals surface area (Å²) in [5.74, 6) is 1.76. The van der Waals surface area contributed by atoms with Crippen molar-refractivity contribution in [2.24, 2.45) is 5.92 Å². The van der Waals surface area contributed by atoms with Crippen molar-refractivity contribution in [2.75, 3.05) is 7.11 Å². The smallest absolute Gasteiger partial charge is 0.220 e. The maximum absolute atomic E-state index is 12.2. The van der Waals surface area contributed by atoms with Crippen LogP contribution in [0.15, 0.2) is 24.3 Å². The lowest BCUT2D eigenvalue weighted by Gasteiger charge is -2.21. The molecule has 3 nitrogen and oxygen atoms in total. The van der Waals surface area contributed by atoms with Crippen LogP contribution in [0, 0.1) is 5.92 Å². The second-order valence-electron chi connectivity index (χ2n) is 6.36. The average molecular weight is 303 g/mol. The monoisotopic (exact) mass is 303 g/mol. The first-order chi connectivity index (χ1) is 10.7. The van der Waals surface area contributed by atoms with E-state index in [2.05, 4.69) is 12.2 Å². The van der Waals surface area contributed by atoms with E-state index in [1.54, 1.807) is 7.11 Å². The van der Waals surface area contributed by atoms with Crippen molar-refractivity contribution in [3.05, 3.63) is 29.8 Å². The number of benzene rings is 1. The number of methoxy groups -OCH3 is 1. The molecule has 0 bridgehead atoms. The van der Waals surface area contributed by atoms with Crippen molar-refractivity contribution in [1.29, 1.82) is 0 Å². The Bertz CT molecular complexity index is 455. The van der Waals surface area contributed by atoms with Crippen LogP contribution in [0.5, 0.6) is 5.75 Å². The summed E-state index contributed by atoms with van der Waals surface area (Å²) in [5, 5.41) is 3.27. The average Bonchev–Trinajstić information content (AvgIpc) is 2.98. The number of unbranched alkanes of at least 4 members (excludes halogenated alkanes) is 1. The number of aryl methyl sites for hydroxylation is 1. The summed E-state index contributed by atoms with van der Waals surface area (Å²) in [6, 6.07) is 8.38. The number of hydrogen-bond donors (Lipinski definition) is 1. The van der Waals surface area contributed by atoms with Crippen LogP contribution in [0.25, 0.3) is 0 Å². The first-order valence-corrected chi connectivity index (χ1v) is 8.65. The molecule has 0 aromatic heterocycles. The van der Waals surface area contributed by atoms with E-state index in [0.29, 0.717) is 18.4 Å². The summed E-state index contributed by atoms with van der Waals surface area (Å²) in [5.41, 5.74) is 1.19. The van der Waals surface area contributed by atoms with Crippen molar-refractivity contribution >= 4 is 5.91 Å². The fourth-order valence-electron chi connectivity index (χ4n) is 3.37. The molecule has 1 aromatic carbocycles. The maximum Gasteiger partial charge on any atom is 0.220 e. The predicted molar refractivity (Wildman–Crippen MR) is 90.1 cm³/mol. The standard InChI is InChI=1S/C19H29NO2/c1-3-4-6-16-7-5-8-18(16)20-19(21)14-11-15-9-12-17(22-2)13-10-15/h9-10,12-13,16,18H,3-8,11,14H2,1-2H3,(H,20,21). The lowest BCUT2D eigenvalue weighted by molar-refractivity contribution is -0.122. The summed E-state index contributed by atoms with van der Waals surface area (Å²) >= 11 is 0. The van der Waals surface area contributed by atoms with Gasteiger partial charge in [-0.1, -0.05) is 38.3 Å². The molecule has 0 saturated heterocycles. The number of carbonyl (C=O) groups is 1. The normalized spacial score (nSPS) is 20.8. The summed E-state index contributed by atoms with van der Waals surface area (Å²) in [6.45, 7) is 2.23. The number of hydrogen-bond acceptors (Lipinski definition) is 2. The van der Waals surface area contributed by atoms with E-state index >= 15 is 0 Å². The zero-order valence-corrected chi connectivity index (χ0v) is 13.9. The highest BCUT2D eigenvalue weighted by atomic mass is 16.5. The molecule has 1 aromatic rings. The molecular formula is C19H29NO2. The molecule has 0 heterocycles. The zero-order valence-electron chi connectivity index (χ0n) is 13.9. The molecule has 2 rings (SSSR count). The number of rotatable bonds is 8. The van der Waals surface area contributed by atoms with Crippen molar-refractivity contribution in [3.63, 3.8) is 0 Å². The van der Waals surface area contributed by atoms with Crippen molar-refractivity contribution in [2.45, 2.75) is 64.3 Å². The molecule has 1 aliphatic rings.